The third-order valence-corrected chi connectivity index (χ3v) is 17.5. The number of anilines is 1. The summed E-state index contributed by atoms with van der Waals surface area (Å²) in [5.41, 5.74) is 20.7. The molecule has 0 saturated heterocycles. The van der Waals surface area contributed by atoms with Crippen LogP contribution in [0.15, 0.2) is 264 Å². The van der Waals surface area contributed by atoms with Crippen molar-refractivity contribution in [2.24, 2.45) is 14.1 Å². The van der Waals surface area contributed by atoms with Gasteiger partial charge >= 0.3 is 5.69 Å². The van der Waals surface area contributed by atoms with Gasteiger partial charge in [-0.3, -0.25) is 28.5 Å². The number of fused-ring (bicyclic) bond motifs is 9. The van der Waals surface area contributed by atoms with Crippen molar-refractivity contribution in [2.45, 2.75) is 207 Å². The number of allylic oxidation sites excluding steroid dienone is 2. The molecule has 0 bridgehead atoms. The van der Waals surface area contributed by atoms with Crippen LogP contribution in [0.1, 0.15) is 197 Å². The SMILES string of the molecule is CC.CC.CC.CC.CC.CC.CC.CC.CC.CC.CC1=CCN2C=CC=CN2C1=O.Cc1ccc2c(c1)CCC(=O)N2.Cc1ccc2c(c1)OCO2.Cc1ccc2ncccc2c1.Cc1ccc2ncsc2c1.Cc1ccoc1.Cc1cnc2ccccn12.Cc1cnc2sccn12.Cn1c(=O)[nH]c2ccccc21.Cn1cnc2ccccc21. The molecule has 0 fully saturated rings. The first kappa shape index (κ1) is 109. The van der Waals surface area contributed by atoms with E-state index in [9.17, 15) is 14.4 Å². The van der Waals surface area contributed by atoms with Gasteiger partial charge in [0.15, 0.2) is 16.5 Å². The van der Waals surface area contributed by atoms with Gasteiger partial charge in [0.2, 0.25) is 12.7 Å². The van der Waals surface area contributed by atoms with Gasteiger partial charge in [-0.05, 0) is 187 Å². The zero-order valence-electron chi connectivity index (χ0n) is 78.2. The predicted octanol–water partition coefficient (Wildman–Crippen LogP) is 27.4. The fourth-order valence-electron chi connectivity index (χ4n) is 10.4. The number of nitrogens with one attached hydrogen (secondary N) is 2. The normalized spacial score (nSPS) is 11.0. The highest BCUT2D eigenvalue weighted by Gasteiger charge is 2.23. The summed E-state index contributed by atoms with van der Waals surface area (Å²) in [5.74, 6) is 1.90. The van der Waals surface area contributed by atoms with E-state index in [2.05, 4.69) is 113 Å². The highest BCUT2D eigenvalue weighted by atomic mass is 32.1. The predicted molar refractivity (Wildman–Crippen MR) is 521 cm³/mol. The van der Waals surface area contributed by atoms with E-state index in [1.807, 2.05) is 372 Å². The fraction of sp³-hybridized carbons (Fsp3) is 0.340. The number of benzene rings is 6. The number of hydrogen-bond donors (Lipinski definition) is 2. The summed E-state index contributed by atoms with van der Waals surface area (Å²) in [4.78, 5) is 58.3. The number of amides is 2. The van der Waals surface area contributed by atoms with Crippen molar-refractivity contribution >= 4 is 94.0 Å². The summed E-state index contributed by atoms with van der Waals surface area (Å²) < 4.78 is 24.0. The van der Waals surface area contributed by atoms with Crippen molar-refractivity contribution in [3.8, 4) is 11.5 Å². The van der Waals surface area contributed by atoms with E-state index in [4.69, 9.17) is 13.9 Å². The average molecular weight is 1690 g/mol. The minimum Gasteiger partial charge on any atom is -0.472 e. The first-order chi connectivity index (χ1) is 58.9. The second-order valence-corrected chi connectivity index (χ2v) is 25.6. The number of aromatic amines is 1. The Morgan fingerprint density at radius 3 is 1.72 bits per heavy atom. The summed E-state index contributed by atoms with van der Waals surface area (Å²) in [6.45, 7) is 57.3. The minimum absolute atomic E-state index is 0.0573. The lowest BCUT2D eigenvalue weighted by molar-refractivity contribution is -0.135. The van der Waals surface area contributed by atoms with Crippen molar-refractivity contribution in [3.05, 3.63) is 310 Å². The van der Waals surface area contributed by atoms with Gasteiger partial charge in [0, 0.05) is 97.3 Å². The summed E-state index contributed by atoms with van der Waals surface area (Å²) >= 11 is 3.35. The molecule has 6 aromatic carbocycles. The molecular formula is C100H141N13O6S2. The van der Waals surface area contributed by atoms with Gasteiger partial charge in [-0.2, -0.15) is 0 Å². The molecule has 2 N–H and O–H groups in total. The first-order valence-electron chi connectivity index (χ1n) is 42.7. The van der Waals surface area contributed by atoms with E-state index >= 15 is 0 Å². The highest BCUT2D eigenvalue weighted by Crippen LogP contribution is 2.32. The Labute approximate surface area is 731 Å². The lowest BCUT2D eigenvalue weighted by Crippen LogP contribution is -2.44. The number of imidazole rings is 4. The number of para-hydroxylation sites is 4. The molecule has 21 heteroatoms. The number of H-pyrrole nitrogens is 1. The molecule has 9 aromatic heterocycles. The Morgan fingerprint density at radius 2 is 1.07 bits per heavy atom. The molecule has 13 heterocycles. The van der Waals surface area contributed by atoms with E-state index in [1.54, 1.807) is 58.0 Å². The molecule has 19 rings (SSSR count). The Hall–Kier alpha value is -11.9. The molecule has 0 aliphatic carbocycles. The highest BCUT2D eigenvalue weighted by molar-refractivity contribution is 7.16. The lowest BCUT2D eigenvalue weighted by atomic mass is 10.0. The molecule has 0 saturated carbocycles. The summed E-state index contributed by atoms with van der Waals surface area (Å²) in [6, 6.07) is 52.2. The maximum atomic E-state index is 11.5. The minimum atomic E-state index is -0.0637. The van der Waals surface area contributed by atoms with Gasteiger partial charge < -0.3 is 33.2 Å². The van der Waals surface area contributed by atoms with Crippen LogP contribution in [0.5, 0.6) is 11.5 Å². The van der Waals surface area contributed by atoms with Crippen LogP contribution in [0.2, 0.25) is 0 Å². The van der Waals surface area contributed by atoms with Gasteiger partial charge in [-0.25, -0.2) is 29.7 Å². The number of furan rings is 1. The molecule has 0 radical (unpaired) electrons. The number of thiazole rings is 2. The summed E-state index contributed by atoms with van der Waals surface area (Å²) in [5, 5.41) is 9.59. The zero-order valence-corrected chi connectivity index (χ0v) is 79.8. The molecule has 0 atom stereocenters. The van der Waals surface area contributed by atoms with Crippen molar-refractivity contribution < 1.29 is 23.5 Å². The van der Waals surface area contributed by atoms with Gasteiger partial charge in [-0.1, -0.05) is 222 Å². The van der Waals surface area contributed by atoms with Crippen LogP contribution in [0.4, 0.5) is 5.69 Å². The molecule has 15 aromatic rings. The second-order valence-electron chi connectivity index (χ2n) is 23.9. The van der Waals surface area contributed by atoms with Gasteiger partial charge in [0.1, 0.15) is 5.65 Å². The largest absolute Gasteiger partial charge is 0.472 e. The monoisotopic (exact) mass is 1680 g/mol. The summed E-state index contributed by atoms with van der Waals surface area (Å²) in [7, 11) is 3.75. The van der Waals surface area contributed by atoms with Crippen LogP contribution in [0.3, 0.4) is 0 Å². The van der Waals surface area contributed by atoms with Crippen LogP contribution in [0, 0.1) is 48.5 Å². The van der Waals surface area contributed by atoms with Gasteiger partial charge in [0.05, 0.1) is 68.7 Å². The number of rotatable bonds is 0. The van der Waals surface area contributed by atoms with E-state index < -0.39 is 0 Å². The van der Waals surface area contributed by atoms with E-state index in [1.165, 1.54) is 60.4 Å². The van der Waals surface area contributed by atoms with Crippen molar-refractivity contribution in [1.29, 1.82) is 0 Å². The maximum absolute atomic E-state index is 11.5. The van der Waals surface area contributed by atoms with Crippen molar-refractivity contribution in [3.63, 3.8) is 0 Å². The third-order valence-electron chi connectivity index (χ3n) is 16.0. The molecule has 654 valence electrons. The molecule has 19 nitrogen and oxygen atoms in total. The molecule has 2 amide bonds. The number of carbonyl (C=O) groups is 2. The molecule has 0 unspecified atom stereocenters. The second kappa shape index (κ2) is 65.0. The molecule has 4 aliphatic heterocycles. The topological polar surface area (TPSA) is 200 Å². The standard InChI is InChI=1S/C10H11NO.C10H9N.C9H10N2O.C8H8N2O.2C8H8N2.C8H7NS.C8H8O2.C6H6N2S.C5H6O.10C2H6/c1-7-2-4-9-8(6-7)3-5-10(12)11-9;1-8-4-5-10-9(7-8)3-2-6-11-10;1-8-4-7-10-5-2-3-6-11(10)9(8)12;1-10-7-5-3-2-4-6(7)9-8(10)11;1-10-6-9-7-4-2-3-5-8(7)10;1-7-6-9-8-4-2-3-5-10(7)8;2*1-6-2-3-7-8(4-6)10-5-9-7;1-5-4-7-6-8(5)2-3-9-6;1-5-2-3-6-4-5;10*1-2/h2,4,6H,3,5H2,1H3,(H,11,12);2-7H,1H3;2-6H,7H2,1H3;2-5H,1H3,(H,9,11);2*2-6H,1H3;2-5H,1H3;2-4H,5H2,1H3;2-4H,1H3;2-4H,1H3;10*1-2H3. The number of aryl methyl sites for hydroxylation is 10. The van der Waals surface area contributed by atoms with E-state index in [0.29, 0.717) is 13.2 Å². The first-order valence-corrected chi connectivity index (χ1v) is 44.4. The number of aromatic nitrogens is 10. The number of ether oxygens (including phenoxy) is 2. The number of hydrogen-bond acceptors (Lipinski definition) is 14. The van der Waals surface area contributed by atoms with Crippen LogP contribution < -0.4 is 20.5 Å². The lowest BCUT2D eigenvalue weighted by Gasteiger charge is -2.35. The zero-order chi connectivity index (χ0) is 91.2. The smallest absolute Gasteiger partial charge is 0.326 e. The number of hydrazine groups is 1. The number of carbonyl (C=O) groups excluding carboxylic acids is 2. The Morgan fingerprint density at radius 1 is 0.479 bits per heavy atom. The maximum Gasteiger partial charge on any atom is 0.326 e. The van der Waals surface area contributed by atoms with E-state index in [-0.39, 0.29) is 17.5 Å². The van der Waals surface area contributed by atoms with Crippen LogP contribution in [0.25, 0.3) is 53.8 Å². The van der Waals surface area contributed by atoms with Crippen LogP contribution in [-0.2, 0) is 30.1 Å². The van der Waals surface area contributed by atoms with Crippen molar-refractivity contribution in [2.75, 3.05) is 18.7 Å². The molecule has 4 aliphatic rings. The number of pyridine rings is 2. The van der Waals surface area contributed by atoms with Gasteiger partial charge in [0.25, 0.3) is 5.91 Å². The Kier molecular flexibility index (Phi) is 58.6. The summed E-state index contributed by atoms with van der Waals surface area (Å²) in [6.07, 6.45) is 25.7. The van der Waals surface area contributed by atoms with Crippen LogP contribution >= 0.6 is 22.7 Å². The third kappa shape index (κ3) is 37.1. The van der Waals surface area contributed by atoms with Crippen LogP contribution in [-0.4, -0.2) is 83.0 Å². The fourth-order valence-corrected chi connectivity index (χ4v) is 12.0. The molecule has 121 heavy (non-hydrogen) atoms. The Bertz CT molecular complexity index is 5310. The Balaban J connectivity index is 0.00000129. The molecule has 0 spiro atoms. The quantitative estimate of drug-likeness (QED) is 0.146. The average Bonchev–Trinajstić information content (AvgIpc) is 1.78. The van der Waals surface area contributed by atoms with Crippen molar-refractivity contribution in [1.82, 2.24) is 57.9 Å². The molecular weight excluding hydrogens is 1540 g/mol. The number of nitrogens with zero attached hydrogens (tertiary/aromatic N) is 11. The van der Waals surface area contributed by atoms with Gasteiger partial charge in [-0.15, -0.1) is 22.7 Å². The van der Waals surface area contributed by atoms with E-state index in [0.717, 1.165) is 73.9 Å².